The van der Waals surface area contributed by atoms with Gasteiger partial charge in [0.25, 0.3) is 0 Å². The van der Waals surface area contributed by atoms with E-state index in [2.05, 4.69) is 158 Å². The van der Waals surface area contributed by atoms with E-state index in [9.17, 15) is 0 Å². The Labute approximate surface area is 249 Å². The number of rotatable bonds is 4. The zero-order valence-corrected chi connectivity index (χ0v) is 23.4. The summed E-state index contributed by atoms with van der Waals surface area (Å²) in [4.78, 5) is 0. The number of hydrogen-bond donors (Lipinski definition) is 0. The summed E-state index contributed by atoms with van der Waals surface area (Å²) in [6, 6.07) is 56.7. The highest BCUT2D eigenvalue weighted by Gasteiger charge is 2.20. The SMILES string of the molecule is c1ccc(-c2cccc(-c3cc4oc5cc(-c6cccc(-c7ccccc7)c6)cc6c7ccccc7c(c3)c4c56)c2)cc1. The molecule has 0 aliphatic carbocycles. The lowest BCUT2D eigenvalue weighted by molar-refractivity contribution is 0.669. The van der Waals surface area contributed by atoms with Crippen LogP contribution in [0, 0.1) is 0 Å². The van der Waals surface area contributed by atoms with Gasteiger partial charge in [-0.2, -0.15) is 0 Å². The lowest BCUT2D eigenvalue weighted by Crippen LogP contribution is -1.86. The maximum atomic E-state index is 6.74. The largest absolute Gasteiger partial charge is 0.456 e. The smallest absolute Gasteiger partial charge is 0.136 e. The van der Waals surface area contributed by atoms with Gasteiger partial charge in [-0.1, -0.05) is 121 Å². The molecule has 1 heteroatoms. The number of benzene rings is 8. The average Bonchev–Trinajstić information content (AvgIpc) is 3.47. The summed E-state index contributed by atoms with van der Waals surface area (Å²) < 4.78 is 6.74. The molecule has 0 atom stereocenters. The number of fused-ring (bicyclic) bond motifs is 3. The second-order valence-corrected chi connectivity index (χ2v) is 11.3. The van der Waals surface area contributed by atoms with Gasteiger partial charge in [-0.15, -0.1) is 0 Å². The Morgan fingerprint density at radius 3 is 1.07 bits per heavy atom. The van der Waals surface area contributed by atoms with Crippen molar-refractivity contribution >= 4 is 43.5 Å². The normalized spacial score (nSPS) is 11.7. The summed E-state index contributed by atoms with van der Waals surface area (Å²) in [5, 5.41) is 7.38. The fourth-order valence-electron chi connectivity index (χ4n) is 6.75. The summed E-state index contributed by atoms with van der Waals surface area (Å²) in [7, 11) is 0. The van der Waals surface area contributed by atoms with Gasteiger partial charge in [0.2, 0.25) is 0 Å². The summed E-state index contributed by atoms with van der Waals surface area (Å²) in [6.45, 7) is 0. The predicted molar refractivity (Wildman–Crippen MR) is 182 cm³/mol. The first kappa shape index (κ1) is 24.0. The van der Waals surface area contributed by atoms with Gasteiger partial charge in [-0.05, 0) is 102 Å². The second-order valence-electron chi connectivity index (χ2n) is 11.3. The van der Waals surface area contributed by atoms with Gasteiger partial charge in [0.05, 0.1) is 0 Å². The van der Waals surface area contributed by atoms with Crippen molar-refractivity contribution in [2.24, 2.45) is 0 Å². The summed E-state index contributed by atoms with van der Waals surface area (Å²) in [5.41, 5.74) is 11.4. The molecule has 9 rings (SSSR count). The molecule has 43 heavy (non-hydrogen) atoms. The molecule has 200 valence electrons. The van der Waals surface area contributed by atoms with Crippen LogP contribution in [0.4, 0.5) is 0 Å². The molecule has 0 amide bonds. The van der Waals surface area contributed by atoms with Crippen molar-refractivity contribution in [3.05, 3.63) is 158 Å². The Morgan fingerprint density at radius 2 is 0.628 bits per heavy atom. The molecule has 8 aromatic carbocycles. The molecule has 0 fully saturated rings. The van der Waals surface area contributed by atoms with Crippen LogP contribution in [0.2, 0.25) is 0 Å². The molecule has 1 nitrogen and oxygen atoms in total. The summed E-state index contributed by atoms with van der Waals surface area (Å²) in [5.74, 6) is 0. The first-order chi connectivity index (χ1) is 21.3. The Bertz CT molecular complexity index is 2260. The first-order valence-electron chi connectivity index (χ1n) is 14.8. The van der Waals surface area contributed by atoms with Crippen LogP contribution in [-0.2, 0) is 0 Å². The molecule has 0 spiro atoms. The Kier molecular flexibility index (Phi) is 5.27. The van der Waals surface area contributed by atoms with Crippen LogP contribution in [0.3, 0.4) is 0 Å². The molecule has 0 aliphatic rings. The van der Waals surface area contributed by atoms with E-state index in [0.29, 0.717) is 0 Å². The monoisotopic (exact) mass is 546 g/mol. The lowest BCUT2D eigenvalue weighted by atomic mass is 9.90. The zero-order chi connectivity index (χ0) is 28.3. The molecule has 0 N–H and O–H groups in total. The average molecular weight is 547 g/mol. The maximum Gasteiger partial charge on any atom is 0.136 e. The minimum Gasteiger partial charge on any atom is -0.456 e. The summed E-state index contributed by atoms with van der Waals surface area (Å²) >= 11 is 0. The summed E-state index contributed by atoms with van der Waals surface area (Å²) in [6.07, 6.45) is 0. The second kappa shape index (κ2) is 9.44. The predicted octanol–water partition coefficient (Wildman–Crippen LogP) is 12.0. The Balaban J connectivity index is 1.28. The molecule has 0 unspecified atom stereocenters. The fraction of sp³-hybridized carbons (Fsp3) is 0. The van der Waals surface area contributed by atoms with Gasteiger partial charge in [-0.3, -0.25) is 0 Å². The van der Waals surface area contributed by atoms with Crippen molar-refractivity contribution in [1.82, 2.24) is 0 Å². The van der Waals surface area contributed by atoms with Crippen molar-refractivity contribution in [3.8, 4) is 44.5 Å². The van der Waals surface area contributed by atoms with Crippen LogP contribution in [0.15, 0.2) is 162 Å². The van der Waals surface area contributed by atoms with Crippen LogP contribution in [0.25, 0.3) is 88.0 Å². The minimum absolute atomic E-state index is 0.929. The fourth-order valence-corrected chi connectivity index (χ4v) is 6.75. The molecular weight excluding hydrogens is 520 g/mol. The molecule has 0 aliphatic heterocycles. The van der Waals surface area contributed by atoms with Crippen molar-refractivity contribution in [2.75, 3.05) is 0 Å². The highest BCUT2D eigenvalue weighted by molar-refractivity contribution is 6.34. The van der Waals surface area contributed by atoms with E-state index >= 15 is 0 Å². The highest BCUT2D eigenvalue weighted by atomic mass is 16.3. The van der Waals surface area contributed by atoms with E-state index < -0.39 is 0 Å². The Morgan fingerprint density at radius 1 is 0.256 bits per heavy atom. The van der Waals surface area contributed by atoms with E-state index in [-0.39, 0.29) is 0 Å². The maximum absolute atomic E-state index is 6.74. The van der Waals surface area contributed by atoms with Crippen molar-refractivity contribution in [2.45, 2.75) is 0 Å². The molecule has 1 heterocycles. The molecule has 0 bridgehead atoms. The zero-order valence-electron chi connectivity index (χ0n) is 23.4. The van der Waals surface area contributed by atoms with E-state index in [1.807, 2.05) is 0 Å². The van der Waals surface area contributed by atoms with Gasteiger partial charge >= 0.3 is 0 Å². The molecule has 0 saturated carbocycles. The van der Waals surface area contributed by atoms with Gasteiger partial charge in [0.1, 0.15) is 11.2 Å². The molecule has 0 saturated heterocycles. The quantitative estimate of drug-likeness (QED) is 0.200. The molecular formula is C42H26O. The first-order valence-corrected chi connectivity index (χ1v) is 14.8. The van der Waals surface area contributed by atoms with Crippen LogP contribution in [0.5, 0.6) is 0 Å². The molecule has 0 radical (unpaired) electrons. The van der Waals surface area contributed by atoms with E-state index in [0.717, 1.165) is 22.3 Å². The van der Waals surface area contributed by atoms with Gasteiger partial charge in [-0.25, -0.2) is 0 Å². The third-order valence-electron chi connectivity index (χ3n) is 8.79. The Hall–Kier alpha value is -5.66. The highest BCUT2D eigenvalue weighted by Crippen LogP contribution is 2.46. The molecule has 9 aromatic rings. The van der Waals surface area contributed by atoms with Crippen LogP contribution in [0.1, 0.15) is 0 Å². The minimum atomic E-state index is 0.929. The van der Waals surface area contributed by atoms with E-state index in [1.165, 1.54) is 65.7 Å². The third kappa shape index (κ3) is 3.86. The standard InChI is InChI=1S/C42H26O/c1-3-11-27(12-4-1)29-15-9-17-31(21-29)33-23-37-35-19-7-8-20-36(35)38-24-34(26-40-42(38)41(37)39(25-33)43-40)32-18-10-16-30(22-32)28-13-5-2-6-14-28/h1-26H. The van der Waals surface area contributed by atoms with Crippen LogP contribution < -0.4 is 0 Å². The van der Waals surface area contributed by atoms with Gasteiger partial charge < -0.3 is 4.42 Å². The molecule has 1 aromatic heterocycles. The lowest BCUT2D eigenvalue weighted by Gasteiger charge is -2.12. The topological polar surface area (TPSA) is 13.1 Å². The third-order valence-corrected chi connectivity index (χ3v) is 8.79. The van der Waals surface area contributed by atoms with Crippen molar-refractivity contribution in [1.29, 1.82) is 0 Å². The van der Waals surface area contributed by atoms with Crippen LogP contribution >= 0.6 is 0 Å². The number of hydrogen-bond acceptors (Lipinski definition) is 1. The van der Waals surface area contributed by atoms with Crippen molar-refractivity contribution in [3.63, 3.8) is 0 Å². The van der Waals surface area contributed by atoms with E-state index in [4.69, 9.17) is 4.42 Å². The number of furan rings is 1. The van der Waals surface area contributed by atoms with Crippen molar-refractivity contribution < 1.29 is 4.42 Å². The van der Waals surface area contributed by atoms with Gasteiger partial charge in [0.15, 0.2) is 0 Å². The van der Waals surface area contributed by atoms with Crippen LogP contribution in [-0.4, -0.2) is 0 Å². The van der Waals surface area contributed by atoms with E-state index in [1.54, 1.807) is 0 Å². The van der Waals surface area contributed by atoms with Gasteiger partial charge in [0, 0.05) is 10.8 Å².